The molecule has 102 valence electrons. The molecule has 2 N–H and O–H groups in total. The van der Waals surface area contributed by atoms with E-state index in [0.717, 1.165) is 32.5 Å². The molecule has 0 bridgehead atoms. The van der Waals surface area contributed by atoms with Gasteiger partial charge in [0, 0.05) is 38.8 Å². The lowest BCUT2D eigenvalue weighted by atomic mass is 10.1. The van der Waals surface area contributed by atoms with E-state index in [2.05, 4.69) is 31.0 Å². The molecular formula is C13H28N2O2. The number of likely N-dealkylation sites (tertiary alicyclic amines) is 1. The average Bonchev–Trinajstić information content (AvgIpc) is 2.27. The fraction of sp³-hybridized carbons (Fsp3) is 1.00. The predicted molar refractivity (Wildman–Crippen MR) is 70.2 cm³/mol. The Balaban J connectivity index is 2.17. The van der Waals surface area contributed by atoms with Crippen LogP contribution in [0.2, 0.25) is 0 Å². The first-order valence-corrected chi connectivity index (χ1v) is 6.59. The maximum Gasteiger partial charge on any atom is 0.0791 e. The van der Waals surface area contributed by atoms with Gasteiger partial charge in [0.25, 0.3) is 0 Å². The second kappa shape index (κ2) is 6.69. The highest BCUT2D eigenvalue weighted by molar-refractivity contribution is 4.77. The fourth-order valence-corrected chi connectivity index (χ4v) is 2.11. The van der Waals surface area contributed by atoms with Crippen molar-refractivity contribution in [3.8, 4) is 0 Å². The zero-order valence-electron chi connectivity index (χ0n) is 11.7. The zero-order valence-corrected chi connectivity index (χ0v) is 11.7. The van der Waals surface area contributed by atoms with Crippen LogP contribution in [0.1, 0.15) is 33.6 Å². The number of ether oxygens (including phenoxy) is 1. The van der Waals surface area contributed by atoms with Gasteiger partial charge in [-0.1, -0.05) is 0 Å². The summed E-state index contributed by atoms with van der Waals surface area (Å²) < 4.78 is 5.34. The van der Waals surface area contributed by atoms with Crippen LogP contribution >= 0.6 is 0 Å². The summed E-state index contributed by atoms with van der Waals surface area (Å²) in [7, 11) is 1.78. The van der Waals surface area contributed by atoms with Crippen LogP contribution in [0.4, 0.5) is 0 Å². The van der Waals surface area contributed by atoms with Gasteiger partial charge in [-0.05, 0) is 33.6 Å². The number of piperidine rings is 1. The predicted octanol–water partition coefficient (Wildman–Crippen LogP) is 0.846. The first-order chi connectivity index (χ1) is 7.90. The van der Waals surface area contributed by atoms with Gasteiger partial charge in [0.1, 0.15) is 0 Å². The molecule has 1 rings (SSSR count). The Labute approximate surface area is 105 Å². The standard InChI is InChI=1S/C13H28N2O2/c1-13(2,3)14-9-11(16)10-15-7-5-12(17-4)6-8-15/h11-12,14,16H,5-10H2,1-4H3. The molecule has 0 aromatic heterocycles. The van der Waals surface area contributed by atoms with E-state index in [4.69, 9.17) is 4.74 Å². The van der Waals surface area contributed by atoms with Crippen LogP contribution < -0.4 is 5.32 Å². The Morgan fingerprint density at radius 1 is 1.35 bits per heavy atom. The number of β-amino-alcohol motifs (C(OH)–C–C–N with tert-alkyl or cyclic N) is 1. The van der Waals surface area contributed by atoms with E-state index in [1.807, 2.05) is 0 Å². The lowest BCUT2D eigenvalue weighted by molar-refractivity contribution is 0.0238. The number of hydrogen-bond acceptors (Lipinski definition) is 4. The first kappa shape index (κ1) is 14.9. The maximum atomic E-state index is 9.95. The lowest BCUT2D eigenvalue weighted by Gasteiger charge is -2.33. The molecule has 4 heteroatoms. The van der Waals surface area contributed by atoms with Crippen molar-refractivity contribution in [3.63, 3.8) is 0 Å². The molecule has 1 aliphatic heterocycles. The van der Waals surface area contributed by atoms with Gasteiger partial charge in [-0.2, -0.15) is 0 Å². The molecule has 1 heterocycles. The third-order valence-electron chi connectivity index (χ3n) is 3.20. The maximum absolute atomic E-state index is 9.95. The SMILES string of the molecule is COC1CCN(CC(O)CNC(C)(C)C)CC1. The van der Waals surface area contributed by atoms with Crippen molar-refractivity contribution >= 4 is 0 Å². The summed E-state index contributed by atoms with van der Waals surface area (Å²) >= 11 is 0. The van der Waals surface area contributed by atoms with Gasteiger partial charge < -0.3 is 20.1 Å². The van der Waals surface area contributed by atoms with E-state index in [-0.39, 0.29) is 11.6 Å². The minimum Gasteiger partial charge on any atom is -0.390 e. The number of nitrogens with one attached hydrogen (secondary N) is 1. The third-order valence-corrected chi connectivity index (χ3v) is 3.20. The van der Waals surface area contributed by atoms with Crippen molar-refractivity contribution in [3.05, 3.63) is 0 Å². The van der Waals surface area contributed by atoms with E-state index in [0.29, 0.717) is 12.6 Å². The van der Waals surface area contributed by atoms with Gasteiger partial charge in [-0.15, -0.1) is 0 Å². The fourth-order valence-electron chi connectivity index (χ4n) is 2.11. The average molecular weight is 244 g/mol. The summed E-state index contributed by atoms with van der Waals surface area (Å²) in [5.74, 6) is 0. The smallest absolute Gasteiger partial charge is 0.0791 e. The third kappa shape index (κ3) is 6.36. The van der Waals surface area contributed by atoms with Crippen LogP contribution in [0.5, 0.6) is 0 Å². The summed E-state index contributed by atoms with van der Waals surface area (Å²) in [4.78, 5) is 2.32. The van der Waals surface area contributed by atoms with Gasteiger partial charge in [0.05, 0.1) is 12.2 Å². The summed E-state index contributed by atoms with van der Waals surface area (Å²) in [5.41, 5.74) is 0.0734. The molecule has 4 nitrogen and oxygen atoms in total. The second-order valence-corrected chi connectivity index (χ2v) is 6.02. The van der Waals surface area contributed by atoms with Gasteiger partial charge in [-0.25, -0.2) is 0 Å². The summed E-state index contributed by atoms with van der Waals surface area (Å²) in [6, 6.07) is 0. The molecule has 1 aliphatic rings. The van der Waals surface area contributed by atoms with Crippen LogP contribution in [0, 0.1) is 0 Å². The highest BCUT2D eigenvalue weighted by Crippen LogP contribution is 2.12. The molecule has 1 unspecified atom stereocenters. The number of rotatable bonds is 5. The van der Waals surface area contributed by atoms with Crippen LogP contribution in [-0.4, -0.2) is 61.0 Å². The normalized spacial score (nSPS) is 21.7. The van der Waals surface area contributed by atoms with Gasteiger partial charge in [0.2, 0.25) is 0 Å². The molecule has 0 spiro atoms. The highest BCUT2D eigenvalue weighted by atomic mass is 16.5. The molecular weight excluding hydrogens is 216 g/mol. The molecule has 0 amide bonds. The van der Waals surface area contributed by atoms with Crippen molar-refractivity contribution < 1.29 is 9.84 Å². The van der Waals surface area contributed by atoms with Crippen molar-refractivity contribution in [1.82, 2.24) is 10.2 Å². The number of nitrogens with zero attached hydrogens (tertiary/aromatic N) is 1. The Bertz CT molecular complexity index is 208. The zero-order chi connectivity index (χ0) is 12.9. The monoisotopic (exact) mass is 244 g/mol. The molecule has 0 aromatic carbocycles. The largest absolute Gasteiger partial charge is 0.390 e. The lowest BCUT2D eigenvalue weighted by Crippen LogP contribution is -2.46. The summed E-state index contributed by atoms with van der Waals surface area (Å²) in [6.45, 7) is 9.83. The Morgan fingerprint density at radius 2 is 1.94 bits per heavy atom. The Hall–Kier alpha value is -0.160. The Morgan fingerprint density at radius 3 is 2.41 bits per heavy atom. The second-order valence-electron chi connectivity index (χ2n) is 6.02. The minimum atomic E-state index is -0.284. The molecule has 17 heavy (non-hydrogen) atoms. The van der Waals surface area contributed by atoms with Crippen LogP contribution in [0.3, 0.4) is 0 Å². The number of aliphatic hydroxyl groups excluding tert-OH is 1. The van der Waals surface area contributed by atoms with Crippen molar-refractivity contribution in [2.45, 2.75) is 51.4 Å². The first-order valence-electron chi connectivity index (χ1n) is 6.59. The van der Waals surface area contributed by atoms with E-state index < -0.39 is 0 Å². The van der Waals surface area contributed by atoms with Crippen molar-refractivity contribution in [2.75, 3.05) is 33.3 Å². The topological polar surface area (TPSA) is 44.7 Å². The molecule has 0 aromatic rings. The molecule has 0 aliphatic carbocycles. The van der Waals surface area contributed by atoms with Crippen LogP contribution in [0.25, 0.3) is 0 Å². The van der Waals surface area contributed by atoms with Crippen molar-refractivity contribution in [2.24, 2.45) is 0 Å². The molecule has 0 radical (unpaired) electrons. The Kier molecular flexibility index (Phi) is 5.86. The van der Waals surface area contributed by atoms with E-state index >= 15 is 0 Å². The molecule has 1 saturated heterocycles. The van der Waals surface area contributed by atoms with Crippen LogP contribution in [0.15, 0.2) is 0 Å². The molecule has 0 saturated carbocycles. The molecule has 1 atom stereocenters. The van der Waals surface area contributed by atoms with Gasteiger partial charge in [0.15, 0.2) is 0 Å². The number of methoxy groups -OCH3 is 1. The number of aliphatic hydroxyl groups is 1. The molecule has 1 fully saturated rings. The van der Waals surface area contributed by atoms with Gasteiger partial charge in [-0.3, -0.25) is 0 Å². The quantitative estimate of drug-likeness (QED) is 0.752. The van der Waals surface area contributed by atoms with Crippen LogP contribution in [-0.2, 0) is 4.74 Å². The van der Waals surface area contributed by atoms with E-state index in [1.165, 1.54) is 0 Å². The van der Waals surface area contributed by atoms with E-state index in [9.17, 15) is 5.11 Å². The van der Waals surface area contributed by atoms with Gasteiger partial charge >= 0.3 is 0 Å². The minimum absolute atomic E-state index is 0.0734. The van der Waals surface area contributed by atoms with E-state index in [1.54, 1.807) is 7.11 Å². The number of hydrogen-bond donors (Lipinski definition) is 2. The summed E-state index contributed by atoms with van der Waals surface area (Å²) in [6.07, 6.45) is 2.29. The van der Waals surface area contributed by atoms with Crippen molar-refractivity contribution in [1.29, 1.82) is 0 Å². The summed E-state index contributed by atoms with van der Waals surface area (Å²) in [5, 5.41) is 13.3. The highest BCUT2D eigenvalue weighted by Gasteiger charge is 2.21.